The number of carboxylic acid groups (broad SMARTS) is 1. The average Bonchev–Trinajstić information content (AvgIpc) is 2.87. The van der Waals surface area contributed by atoms with Crippen LogP contribution < -0.4 is 14.2 Å². The highest BCUT2D eigenvalue weighted by Gasteiger charge is 2.08. The van der Waals surface area contributed by atoms with Crippen LogP contribution >= 0.6 is 0 Å². The van der Waals surface area contributed by atoms with E-state index in [1.165, 1.54) is 0 Å². The van der Waals surface area contributed by atoms with Crippen molar-refractivity contribution in [2.24, 2.45) is 0 Å². The number of carboxylic acids is 1. The highest BCUT2D eigenvalue weighted by Crippen LogP contribution is 2.26. The molecule has 0 saturated heterocycles. The van der Waals surface area contributed by atoms with E-state index in [9.17, 15) is 4.79 Å². The Labute approximate surface area is 193 Å². The number of aryl methyl sites for hydroxylation is 1. The zero-order valence-electron chi connectivity index (χ0n) is 18.8. The minimum absolute atomic E-state index is 0.0514. The Hall–Kier alpha value is -3.84. The van der Waals surface area contributed by atoms with Gasteiger partial charge in [0.15, 0.2) is 0 Å². The molecule has 0 amide bonds. The number of benzene rings is 3. The maximum absolute atomic E-state index is 10.8. The van der Waals surface area contributed by atoms with Crippen LogP contribution in [0.3, 0.4) is 0 Å². The fourth-order valence-corrected chi connectivity index (χ4v) is 2.99. The summed E-state index contributed by atoms with van der Waals surface area (Å²) in [5.41, 5.74) is 3.07. The summed E-state index contributed by atoms with van der Waals surface area (Å²) in [6.07, 6.45) is 0.456. The molecule has 7 nitrogen and oxygen atoms in total. The van der Waals surface area contributed by atoms with Gasteiger partial charge in [-0.3, -0.25) is 4.79 Å². The predicted octanol–water partition coefficient (Wildman–Crippen LogP) is 4.35. The molecule has 0 aliphatic rings. The number of aliphatic hydroxyl groups excluding tert-OH is 1. The van der Waals surface area contributed by atoms with Crippen molar-refractivity contribution in [3.63, 3.8) is 0 Å². The van der Waals surface area contributed by atoms with E-state index in [0.717, 1.165) is 23.8 Å². The molecular formula is C26H29NO6. The zero-order valence-corrected chi connectivity index (χ0v) is 18.8. The van der Waals surface area contributed by atoms with E-state index >= 15 is 0 Å². The van der Waals surface area contributed by atoms with Crippen molar-refractivity contribution in [3.8, 4) is 17.2 Å². The fraction of sp³-hybridized carbons (Fsp3) is 0.231. The zero-order chi connectivity index (χ0) is 24.1. The van der Waals surface area contributed by atoms with Crippen LogP contribution in [0.5, 0.6) is 17.2 Å². The Morgan fingerprint density at radius 3 is 2.21 bits per heavy atom. The Morgan fingerprint density at radius 1 is 0.909 bits per heavy atom. The number of rotatable bonds is 11. The molecule has 0 bridgehead atoms. The van der Waals surface area contributed by atoms with Gasteiger partial charge in [0, 0.05) is 19.6 Å². The van der Waals surface area contributed by atoms with Crippen molar-refractivity contribution in [1.82, 2.24) is 0 Å². The van der Waals surface area contributed by atoms with Crippen LogP contribution in [-0.4, -0.2) is 42.7 Å². The molecule has 0 aromatic heterocycles. The SMILES string of the molecule is CO.COc1cc(OCc2ccc(OCC(=N)c3ccccc3)cc2)ccc1CCC(=O)O. The van der Waals surface area contributed by atoms with Gasteiger partial charge in [-0.05, 0) is 41.3 Å². The van der Waals surface area contributed by atoms with E-state index in [0.29, 0.717) is 36.0 Å². The van der Waals surface area contributed by atoms with Crippen molar-refractivity contribution in [2.75, 3.05) is 20.8 Å². The van der Waals surface area contributed by atoms with Crippen LogP contribution in [0.25, 0.3) is 0 Å². The summed E-state index contributed by atoms with van der Waals surface area (Å²) in [5, 5.41) is 23.9. The van der Waals surface area contributed by atoms with E-state index in [4.69, 9.17) is 29.8 Å². The normalized spacial score (nSPS) is 9.91. The van der Waals surface area contributed by atoms with E-state index in [-0.39, 0.29) is 13.0 Å². The molecule has 3 rings (SSSR count). The quantitative estimate of drug-likeness (QED) is 0.374. The first kappa shape index (κ1) is 25.4. The molecule has 7 heteroatoms. The van der Waals surface area contributed by atoms with Crippen LogP contribution in [0.4, 0.5) is 0 Å². The molecule has 3 aromatic rings. The monoisotopic (exact) mass is 451 g/mol. The summed E-state index contributed by atoms with van der Waals surface area (Å²) in [6.45, 7) is 0.575. The Morgan fingerprint density at radius 2 is 1.58 bits per heavy atom. The molecule has 0 saturated carbocycles. The number of aliphatic hydroxyl groups is 1. The first-order valence-corrected chi connectivity index (χ1v) is 10.4. The van der Waals surface area contributed by atoms with Gasteiger partial charge in [-0.2, -0.15) is 0 Å². The Bertz CT molecular complexity index is 1020. The number of methoxy groups -OCH3 is 1. The van der Waals surface area contributed by atoms with E-state index in [2.05, 4.69) is 0 Å². The summed E-state index contributed by atoms with van der Waals surface area (Å²) in [4.78, 5) is 10.8. The van der Waals surface area contributed by atoms with Gasteiger partial charge in [0.2, 0.25) is 0 Å². The Balaban J connectivity index is 0.00000187. The summed E-state index contributed by atoms with van der Waals surface area (Å²) in [7, 11) is 2.56. The third-order valence-corrected chi connectivity index (χ3v) is 4.70. The molecule has 3 N–H and O–H groups in total. The van der Waals surface area contributed by atoms with Gasteiger partial charge in [-0.15, -0.1) is 0 Å². The molecule has 0 aliphatic heterocycles. The van der Waals surface area contributed by atoms with E-state index in [1.807, 2.05) is 66.7 Å². The average molecular weight is 452 g/mol. The van der Waals surface area contributed by atoms with Crippen LogP contribution in [0.1, 0.15) is 23.1 Å². The molecule has 174 valence electrons. The first-order chi connectivity index (χ1) is 16.0. The van der Waals surface area contributed by atoms with Gasteiger partial charge >= 0.3 is 5.97 Å². The molecule has 0 spiro atoms. The first-order valence-electron chi connectivity index (χ1n) is 10.4. The van der Waals surface area contributed by atoms with Crippen molar-refractivity contribution >= 4 is 11.7 Å². The van der Waals surface area contributed by atoms with Crippen molar-refractivity contribution in [3.05, 3.63) is 89.5 Å². The molecular weight excluding hydrogens is 422 g/mol. The van der Waals surface area contributed by atoms with Gasteiger partial charge in [0.25, 0.3) is 0 Å². The van der Waals surface area contributed by atoms with Crippen molar-refractivity contribution in [1.29, 1.82) is 5.41 Å². The lowest BCUT2D eigenvalue weighted by Gasteiger charge is -2.12. The van der Waals surface area contributed by atoms with Crippen molar-refractivity contribution < 1.29 is 29.2 Å². The molecule has 33 heavy (non-hydrogen) atoms. The topological polar surface area (TPSA) is 109 Å². The second-order valence-electron chi connectivity index (χ2n) is 6.93. The van der Waals surface area contributed by atoms with Crippen molar-refractivity contribution in [2.45, 2.75) is 19.4 Å². The molecule has 0 atom stereocenters. The number of nitrogens with one attached hydrogen (secondary N) is 1. The van der Waals surface area contributed by atoms with Gasteiger partial charge in [0.05, 0.1) is 12.8 Å². The predicted molar refractivity (Wildman–Crippen MR) is 127 cm³/mol. The van der Waals surface area contributed by atoms with Crippen LogP contribution in [0, 0.1) is 5.41 Å². The van der Waals surface area contributed by atoms with E-state index in [1.54, 1.807) is 13.2 Å². The third kappa shape index (κ3) is 8.31. The lowest BCUT2D eigenvalue weighted by atomic mass is 10.1. The molecule has 0 unspecified atom stereocenters. The third-order valence-electron chi connectivity index (χ3n) is 4.70. The highest BCUT2D eigenvalue weighted by atomic mass is 16.5. The standard InChI is InChI=1S/C25H25NO5.CH4O/c1-29-24-15-22(13-9-20(24)10-14-25(27)28)30-16-18-7-11-21(12-8-18)31-17-23(26)19-5-3-2-4-6-19;1-2/h2-9,11-13,15,26H,10,14,16-17H2,1H3,(H,27,28);2H,1H3. The fourth-order valence-electron chi connectivity index (χ4n) is 2.99. The van der Waals surface area contributed by atoms with Gasteiger partial charge in [0.1, 0.15) is 30.5 Å². The van der Waals surface area contributed by atoms with Gasteiger partial charge in [-0.25, -0.2) is 0 Å². The maximum atomic E-state index is 10.8. The minimum atomic E-state index is -0.841. The summed E-state index contributed by atoms with van der Waals surface area (Å²) in [5.74, 6) is 1.11. The summed E-state index contributed by atoms with van der Waals surface area (Å²) in [6, 6.07) is 22.4. The maximum Gasteiger partial charge on any atom is 0.303 e. The molecule has 3 aromatic carbocycles. The second-order valence-corrected chi connectivity index (χ2v) is 6.93. The van der Waals surface area contributed by atoms with Crippen LogP contribution in [-0.2, 0) is 17.8 Å². The molecule has 0 fully saturated rings. The summed E-state index contributed by atoms with van der Waals surface area (Å²) >= 11 is 0. The van der Waals surface area contributed by atoms with Gasteiger partial charge in [-0.1, -0.05) is 48.5 Å². The number of hydrogen-bond donors (Lipinski definition) is 3. The highest BCUT2D eigenvalue weighted by molar-refractivity contribution is 5.99. The molecule has 0 aliphatic carbocycles. The number of carbonyl (C=O) groups is 1. The van der Waals surface area contributed by atoms with Gasteiger partial charge < -0.3 is 29.8 Å². The largest absolute Gasteiger partial charge is 0.496 e. The second kappa shape index (κ2) is 13.5. The number of hydrogen-bond acceptors (Lipinski definition) is 6. The smallest absolute Gasteiger partial charge is 0.303 e. The van der Waals surface area contributed by atoms with Crippen LogP contribution in [0.15, 0.2) is 72.8 Å². The lowest BCUT2D eigenvalue weighted by molar-refractivity contribution is -0.136. The Kier molecular flexibility index (Phi) is 10.4. The minimum Gasteiger partial charge on any atom is -0.496 e. The summed E-state index contributed by atoms with van der Waals surface area (Å²) < 4.78 is 16.9. The van der Waals surface area contributed by atoms with Crippen LogP contribution in [0.2, 0.25) is 0 Å². The number of ether oxygens (including phenoxy) is 3. The molecule has 0 heterocycles. The van der Waals surface area contributed by atoms with E-state index < -0.39 is 5.97 Å². The lowest BCUT2D eigenvalue weighted by Crippen LogP contribution is -2.11. The number of aliphatic carboxylic acids is 1. The molecule has 0 radical (unpaired) electrons.